The van der Waals surface area contributed by atoms with Crippen LogP contribution in [0, 0.1) is 0 Å². The van der Waals surface area contributed by atoms with Crippen molar-refractivity contribution >= 4 is 0 Å². The molecule has 0 spiro atoms. The van der Waals surface area contributed by atoms with Crippen LogP contribution in [0.25, 0.3) is 0 Å². The summed E-state index contributed by atoms with van der Waals surface area (Å²) in [7, 11) is 0. The molecule has 0 heterocycles. The van der Waals surface area contributed by atoms with Crippen LogP contribution in [0.2, 0.25) is 0 Å². The fraction of sp³-hybridized carbons (Fsp3) is 1.00. The van der Waals surface area contributed by atoms with Gasteiger partial charge in [-0.15, -0.1) is 0 Å². The minimum atomic E-state index is 0.413. The van der Waals surface area contributed by atoms with Crippen molar-refractivity contribution in [2.75, 3.05) is 13.2 Å². The maximum Gasteiger partial charge on any atom is 0.0620 e. The van der Waals surface area contributed by atoms with Crippen molar-refractivity contribution in [2.45, 2.75) is 52.7 Å². The van der Waals surface area contributed by atoms with Gasteiger partial charge in [0.15, 0.2) is 0 Å². The molecule has 0 aliphatic carbocycles. The standard InChI is InChI=1S/C10H23NO/c1-5-7-10(4)12-8-9(3)11-6-2/h9-11H,5-8H2,1-4H3. The Morgan fingerprint density at radius 3 is 2.42 bits per heavy atom. The lowest BCUT2D eigenvalue weighted by molar-refractivity contribution is 0.0475. The predicted octanol–water partition coefficient (Wildman–Crippen LogP) is 2.19. The van der Waals surface area contributed by atoms with Crippen LogP contribution < -0.4 is 5.32 Å². The first-order valence-corrected chi connectivity index (χ1v) is 5.05. The summed E-state index contributed by atoms with van der Waals surface area (Å²) in [6.45, 7) is 10.4. The number of hydrogen-bond donors (Lipinski definition) is 1. The molecule has 0 aromatic carbocycles. The minimum Gasteiger partial charge on any atom is -0.377 e. The number of nitrogens with one attached hydrogen (secondary N) is 1. The Morgan fingerprint density at radius 2 is 1.92 bits per heavy atom. The Morgan fingerprint density at radius 1 is 1.25 bits per heavy atom. The van der Waals surface area contributed by atoms with Crippen molar-refractivity contribution < 1.29 is 4.74 Å². The van der Waals surface area contributed by atoms with Crippen LogP contribution in [0.4, 0.5) is 0 Å². The first-order valence-electron chi connectivity index (χ1n) is 5.05. The highest BCUT2D eigenvalue weighted by Crippen LogP contribution is 2.00. The summed E-state index contributed by atoms with van der Waals surface area (Å²) in [6, 6.07) is 0.481. The zero-order valence-corrected chi connectivity index (χ0v) is 8.89. The second kappa shape index (κ2) is 7.56. The third-order valence-electron chi connectivity index (χ3n) is 1.88. The molecule has 2 nitrogen and oxygen atoms in total. The second-order valence-corrected chi connectivity index (χ2v) is 3.39. The third-order valence-corrected chi connectivity index (χ3v) is 1.88. The summed E-state index contributed by atoms with van der Waals surface area (Å²) in [5.74, 6) is 0. The molecule has 2 heteroatoms. The van der Waals surface area contributed by atoms with Gasteiger partial charge >= 0.3 is 0 Å². The van der Waals surface area contributed by atoms with Crippen molar-refractivity contribution in [1.82, 2.24) is 5.32 Å². The lowest BCUT2D eigenvalue weighted by Gasteiger charge is -2.16. The largest absolute Gasteiger partial charge is 0.377 e. The second-order valence-electron chi connectivity index (χ2n) is 3.39. The maximum absolute atomic E-state index is 5.63. The van der Waals surface area contributed by atoms with Gasteiger partial charge in [0, 0.05) is 6.04 Å². The highest BCUT2D eigenvalue weighted by Gasteiger charge is 2.03. The molecule has 0 rings (SSSR count). The molecule has 0 aromatic heterocycles. The summed E-state index contributed by atoms with van der Waals surface area (Å²) in [5.41, 5.74) is 0. The van der Waals surface area contributed by atoms with Crippen molar-refractivity contribution in [3.8, 4) is 0 Å². The van der Waals surface area contributed by atoms with Gasteiger partial charge in [-0.2, -0.15) is 0 Å². The van der Waals surface area contributed by atoms with Crippen LogP contribution in [0.3, 0.4) is 0 Å². The minimum absolute atomic E-state index is 0.413. The number of ether oxygens (including phenoxy) is 1. The van der Waals surface area contributed by atoms with Crippen LogP contribution in [0.1, 0.15) is 40.5 Å². The molecule has 0 bridgehead atoms. The van der Waals surface area contributed by atoms with E-state index in [9.17, 15) is 0 Å². The monoisotopic (exact) mass is 173 g/mol. The van der Waals surface area contributed by atoms with Crippen molar-refractivity contribution in [1.29, 1.82) is 0 Å². The van der Waals surface area contributed by atoms with E-state index >= 15 is 0 Å². The van der Waals surface area contributed by atoms with Crippen molar-refractivity contribution in [3.05, 3.63) is 0 Å². The lowest BCUT2D eigenvalue weighted by Crippen LogP contribution is -2.31. The molecular formula is C10H23NO. The average Bonchev–Trinajstić information content (AvgIpc) is 2.02. The van der Waals surface area contributed by atoms with Crippen LogP contribution in [-0.2, 0) is 4.74 Å². The zero-order valence-electron chi connectivity index (χ0n) is 8.89. The summed E-state index contributed by atoms with van der Waals surface area (Å²) in [6.07, 6.45) is 2.78. The Labute approximate surface area is 76.7 Å². The molecule has 2 unspecified atom stereocenters. The summed E-state index contributed by atoms with van der Waals surface area (Å²) >= 11 is 0. The molecule has 2 atom stereocenters. The predicted molar refractivity (Wildman–Crippen MR) is 53.5 cm³/mol. The average molecular weight is 173 g/mol. The zero-order chi connectivity index (χ0) is 9.40. The molecule has 12 heavy (non-hydrogen) atoms. The smallest absolute Gasteiger partial charge is 0.0620 e. The highest BCUT2D eigenvalue weighted by molar-refractivity contribution is 4.58. The molecule has 0 fully saturated rings. The molecule has 0 saturated carbocycles. The quantitative estimate of drug-likeness (QED) is 0.637. The first kappa shape index (κ1) is 11.9. The highest BCUT2D eigenvalue weighted by atomic mass is 16.5. The summed E-state index contributed by atoms with van der Waals surface area (Å²) < 4.78 is 5.63. The van der Waals surface area contributed by atoms with E-state index in [1.807, 2.05) is 0 Å². The van der Waals surface area contributed by atoms with Crippen LogP contribution in [0.15, 0.2) is 0 Å². The van der Waals surface area contributed by atoms with Crippen LogP contribution in [-0.4, -0.2) is 25.3 Å². The van der Waals surface area contributed by atoms with E-state index in [4.69, 9.17) is 4.74 Å². The number of likely N-dealkylation sites (N-methyl/N-ethyl adjacent to an activating group) is 1. The van der Waals surface area contributed by atoms with Gasteiger partial charge in [0.25, 0.3) is 0 Å². The summed E-state index contributed by atoms with van der Waals surface area (Å²) in [5, 5.41) is 3.32. The Kier molecular flexibility index (Phi) is 7.51. The van der Waals surface area contributed by atoms with Gasteiger partial charge in [0.05, 0.1) is 12.7 Å². The summed E-state index contributed by atoms with van der Waals surface area (Å²) in [4.78, 5) is 0. The Balaban J connectivity index is 3.27. The van der Waals surface area contributed by atoms with Gasteiger partial charge in [-0.3, -0.25) is 0 Å². The van der Waals surface area contributed by atoms with E-state index in [0.29, 0.717) is 12.1 Å². The molecule has 0 amide bonds. The van der Waals surface area contributed by atoms with E-state index in [1.54, 1.807) is 0 Å². The molecule has 0 saturated heterocycles. The molecule has 0 aliphatic rings. The van der Waals surface area contributed by atoms with Gasteiger partial charge in [-0.1, -0.05) is 20.3 Å². The normalized spacial score (nSPS) is 16.0. The van der Waals surface area contributed by atoms with Gasteiger partial charge in [0.1, 0.15) is 0 Å². The van der Waals surface area contributed by atoms with Gasteiger partial charge in [-0.05, 0) is 26.8 Å². The SMILES string of the molecule is CCCC(C)OCC(C)NCC. The Bertz CT molecular complexity index is 83.8. The van der Waals surface area contributed by atoms with Gasteiger partial charge in [0.2, 0.25) is 0 Å². The fourth-order valence-corrected chi connectivity index (χ4v) is 1.21. The third kappa shape index (κ3) is 6.62. The van der Waals surface area contributed by atoms with Gasteiger partial charge in [-0.25, -0.2) is 0 Å². The topological polar surface area (TPSA) is 21.3 Å². The molecule has 74 valence electrons. The molecule has 0 radical (unpaired) electrons. The fourth-order valence-electron chi connectivity index (χ4n) is 1.21. The molecule has 1 N–H and O–H groups in total. The lowest BCUT2D eigenvalue weighted by atomic mass is 10.2. The molecular weight excluding hydrogens is 150 g/mol. The van der Waals surface area contributed by atoms with E-state index < -0.39 is 0 Å². The van der Waals surface area contributed by atoms with Crippen molar-refractivity contribution in [2.24, 2.45) is 0 Å². The van der Waals surface area contributed by atoms with Crippen LogP contribution >= 0.6 is 0 Å². The molecule has 0 aromatic rings. The number of rotatable bonds is 7. The van der Waals surface area contributed by atoms with E-state index in [0.717, 1.165) is 13.2 Å². The first-order chi connectivity index (χ1) is 5.70. The van der Waals surface area contributed by atoms with E-state index in [2.05, 4.69) is 33.0 Å². The van der Waals surface area contributed by atoms with E-state index in [1.165, 1.54) is 12.8 Å². The van der Waals surface area contributed by atoms with E-state index in [-0.39, 0.29) is 0 Å². The Hall–Kier alpha value is -0.0800. The van der Waals surface area contributed by atoms with Crippen molar-refractivity contribution in [3.63, 3.8) is 0 Å². The maximum atomic E-state index is 5.63. The van der Waals surface area contributed by atoms with Gasteiger partial charge < -0.3 is 10.1 Å². The molecule has 0 aliphatic heterocycles. The van der Waals surface area contributed by atoms with Crippen LogP contribution in [0.5, 0.6) is 0 Å². The number of hydrogen-bond acceptors (Lipinski definition) is 2.